The van der Waals surface area contributed by atoms with Crippen molar-refractivity contribution >= 4 is 23.4 Å². The topological polar surface area (TPSA) is 32.3 Å². The van der Waals surface area contributed by atoms with Gasteiger partial charge in [-0.05, 0) is 25.2 Å². The molecule has 1 aromatic carbocycles. The molecule has 1 unspecified atom stereocenters. The molecule has 0 aliphatic carbocycles. The average molecular weight is 302 g/mol. The van der Waals surface area contributed by atoms with Crippen LogP contribution in [0.4, 0.5) is 0 Å². The zero-order valence-electron chi connectivity index (χ0n) is 11.9. The molecular formula is C15H24ClNOS. The summed E-state index contributed by atoms with van der Waals surface area (Å²) in [6.45, 7) is 5.87. The first kappa shape index (κ1) is 16.8. The molecule has 0 aromatic heterocycles. The molecule has 0 aliphatic rings. The molecule has 4 heteroatoms. The number of hydrogen-bond acceptors (Lipinski definition) is 3. The van der Waals surface area contributed by atoms with Gasteiger partial charge in [-0.1, -0.05) is 43.6 Å². The van der Waals surface area contributed by atoms with Crippen molar-refractivity contribution in [2.24, 2.45) is 0 Å². The fourth-order valence-electron chi connectivity index (χ4n) is 2.15. The van der Waals surface area contributed by atoms with E-state index in [1.165, 1.54) is 0 Å². The van der Waals surface area contributed by atoms with Crippen LogP contribution in [0, 0.1) is 0 Å². The van der Waals surface area contributed by atoms with Crippen molar-refractivity contribution in [1.82, 2.24) is 5.32 Å². The summed E-state index contributed by atoms with van der Waals surface area (Å²) in [6, 6.07) is 7.45. The Morgan fingerprint density at radius 3 is 2.47 bits per heavy atom. The quantitative estimate of drug-likeness (QED) is 0.764. The van der Waals surface area contributed by atoms with Crippen LogP contribution in [0.25, 0.3) is 0 Å². The van der Waals surface area contributed by atoms with E-state index in [-0.39, 0.29) is 4.75 Å². The van der Waals surface area contributed by atoms with Crippen molar-refractivity contribution in [1.29, 1.82) is 0 Å². The molecule has 0 spiro atoms. The van der Waals surface area contributed by atoms with Gasteiger partial charge < -0.3 is 10.4 Å². The van der Waals surface area contributed by atoms with Crippen LogP contribution in [0.1, 0.15) is 38.4 Å². The molecule has 0 radical (unpaired) electrons. The summed E-state index contributed by atoms with van der Waals surface area (Å²) in [5.41, 5.74) is 0.791. The number of aliphatic hydroxyl groups is 1. The lowest BCUT2D eigenvalue weighted by Crippen LogP contribution is -2.38. The molecule has 108 valence electrons. The third kappa shape index (κ3) is 4.67. The van der Waals surface area contributed by atoms with E-state index >= 15 is 0 Å². The lowest BCUT2D eigenvalue weighted by Gasteiger charge is -2.30. The second-order valence-corrected chi connectivity index (χ2v) is 6.44. The first-order chi connectivity index (χ1) is 9.08. The first-order valence-corrected chi connectivity index (χ1v) is 8.37. The summed E-state index contributed by atoms with van der Waals surface area (Å²) in [5.74, 6) is 0. The Bertz CT molecular complexity index is 374. The van der Waals surface area contributed by atoms with E-state index in [0.29, 0.717) is 11.6 Å². The van der Waals surface area contributed by atoms with Crippen LogP contribution in [-0.4, -0.2) is 29.2 Å². The Morgan fingerprint density at radius 1 is 1.32 bits per heavy atom. The summed E-state index contributed by atoms with van der Waals surface area (Å²) < 4.78 is 0.264. The van der Waals surface area contributed by atoms with Gasteiger partial charge in [0.2, 0.25) is 0 Å². The van der Waals surface area contributed by atoms with Gasteiger partial charge in [-0.2, -0.15) is 11.8 Å². The van der Waals surface area contributed by atoms with Crippen LogP contribution in [0.5, 0.6) is 0 Å². The highest BCUT2D eigenvalue weighted by atomic mass is 35.5. The van der Waals surface area contributed by atoms with Gasteiger partial charge in [0, 0.05) is 28.4 Å². The highest BCUT2D eigenvalue weighted by Crippen LogP contribution is 2.29. The number of benzene rings is 1. The maximum atomic E-state index is 10.2. The fraction of sp³-hybridized carbons (Fsp3) is 0.600. The summed E-state index contributed by atoms with van der Waals surface area (Å²) in [7, 11) is 0. The van der Waals surface area contributed by atoms with Crippen LogP contribution in [0.15, 0.2) is 24.3 Å². The molecule has 2 N–H and O–H groups in total. The highest BCUT2D eigenvalue weighted by Gasteiger charge is 2.24. The van der Waals surface area contributed by atoms with Crippen LogP contribution < -0.4 is 5.32 Å². The fourth-order valence-corrected chi connectivity index (χ4v) is 3.24. The maximum Gasteiger partial charge on any atom is 0.0928 e. The third-order valence-corrected chi connectivity index (χ3v) is 5.70. The Labute approximate surface area is 125 Å². The van der Waals surface area contributed by atoms with Gasteiger partial charge in [-0.15, -0.1) is 0 Å². The molecule has 0 bridgehead atoms. The highest BCUT2D eigenvalue weighted by molar-refractivity contribution is 8.00. The van der Waals surface area contributed by atoms with Crippen LogP contribution in [0.2, 0.25) is 5.02 Å². The van der Waals surface area contributed by atoms with Gasteiger partial charge >= 0.3 is 0 Å². The second-order valence-electron chi connectivity index (χ2n) is 4.76. The Hall–Kier alpha value is -0.220. The Morgan fingerprint density at radius 2 is 1.95 bits per heavy atom. The van der Waals surface area contributed by atoms with E-state index in [0.717, 1.165) is 24.9 Å². The van der Waals surface area contributed by atoms with E-state index < -0.39 is 6.10 Å². The molecule has 0 aliphatic heterocycles. The molecule has 1 aromatic rings. The summed E-state index contributed by atoms with van der Waals surface area (Å²) >= 11 is 7.98. The van der Waals surface area contributed by atoms with Crippen LogP contribution in [-0.2, 0) is 0 Å². The Kier molecular flexibility index (Phi) is 7.22. The summed E-state index contributed by atoms with van der Waals surface area (Å²) in [4.78, 5) is 0. The molecule has 1 rings (SSSR count). The second kappa shape index (κ2) is 8.15. The normalized spacial score (nSPS) is 13.5. The first-order valence-electron chi connectivity index (χ1n) is 6.77. The average Bonchev–Trinajstić information content (AvgIpc) is 2.44. The number of nitrogens with one attached hydrogen (secondary N) is 1. The van der Waals surface area contributed by atoms with Crippen LogP contribution >= 0.6 is 23.4 Å². The van der Waals surface area contributed by atoms with E-state index in [1.807, 2.05) is 36.0 Å². The van der Waals surface area contributed by atoms with Gasteiger partial charge in [0.05, 0.1) is 6.10 Å². The minimum absolute atomic E-state index is 0.264. The van der Waals surface area contributed by atoms with Gasteiger partial charge in [-0.3, -0.25) is 0 Å². The molecule has 2 nitrogen and oxygen atoms in total. The third-order valence-electron chi connectivity index (χ3n) is 3.77. The number of halogens is 1. The SMILES string of the molecule is CCC(CC)(CNCC(O)c1ccccc1Cl)SC. The molecule has 0 saturated carbocycles. The molecule has 0 amide bonds. The van der Waals surface area contributed by atoms with E-state index in [4.69, 9.17) is 11.6 Å². The van der Waals surface area contributed by atoms with Crippen molar-refractivity contribution in [3.05, 3.63) is 34.9 Å². The monoisotopic (exact) mass is 301 g/mol. The van der Waals surface area contributed by atoms with Crippen LogP contribution in [0.3, 0.4) is 0 Å². The predicted octanol–water partition coefficient (Wildman–Crippen LogP) is 3.88. The minimum Gasteiger partial charge on any atom is -0.387 e. The maximum absolute atomic E-state index is 10.2. The van der Waals surface area contributed by atoms with Gasteiger partial charge in [0.1, 0.15) is 0 Å². The van der Waals surface area contributed by atoms with Crippen molar-refractivity contribution in [3.8, 4) is 0 Å². The lowest BCUT2D eigenvalue weighted by molar-refractivity contribution is 0.173. The van der Waals surface area contributed by atoms with Crippen molar-refractivity contribution in [2.75, 3.05) is 19.3 Å². The summed E-state index contributed by atoms with van der Waals surface area (Å²) in [6.07, 6.45) is 3.85. The molecule has 1 atom stereocenters. The lowest BCUT2D eigenvalue weighted by atomic mass is 10.0. The predicted molar refractivity (Wildman–Crippen MR) is 86.1 cm³/mol. The van der Waals surface area contributed by atoms with Gasteiger partial charge in [0.25, 0.3) is 0 Å². The smallest absolute Gasteiger partial charge is 0.0928 e. The molecule has 0 saturated heterocycles. The zero-order chi connectivity index (χ0) is 14.3. The van der Waals surface area contributed by atoms with E-state index in [2.05, 4.69) is 25.4 Å². The number of aliphatic hydroxyl groups excluding tert-OH is 1. The number of thioether (sulfide) groups is 1. The Balaban J connectivity index is 2.51. The molecule has 0 heterocycles. The zero-order valence-corrected chi connectivity index (χ0v) is 13.5. The molecule has 0 fully saturated rings. The standard InChI is InChI=1S/C15H24ClNOS/c1-4-15(5-2,19-3)11-17-10-14(18)12-8-6-7-9-13(12)16/h6-9,14,17-18H,4-5,10-11H2,1-3H3. The summed E-state index contributed by atoms with van der Waals surface area (Å²) in [5, 5.41) is 14.2. The number of rotatable bonds is 8. The van der Waals surface area contributed by atoms with Gasteiger partial charge in [0.15, 0.2) is 0 Å². The molecule has 19 heavy (non-hydrogen) atoms. The van der Waals surface area contributed by atoms with Gasteiger partial charge in [-0.25, -0.2) is 0 Å². The largest absolute Gasteiger partial charge is 0.387 e. The number of hydrogen-bond donors (Lipinski definition) is 2. The van der Waals surface area contributed by atoms with Crippen molar-refractivity contribution in [2.45, 2.75) is 37.5 Å². The molecular weight excluding hydrogens is 278 g/mol. The van der Waals surface area contributed by atoms with Crippen molar-refractivity contribution < 1.29 is 5.11 Å². The van der Waals surface area contributed by atoms with Crippen molar-refractivity contribution in [3.63, 3.8) is 0 Å². The van der Waals surface area contributed by atoms with E-state index in [1.54, 1.807) is 0 Å². The van der Waals surface area contributed by atoms with E-state index in [9.17, 15) is 5.11 Å². The minimum atomic E-state index is -0.554.